The molecule has 1 aromatic heterocycles. The van der Waals surface area contributed by atoms with Crippen LogP contribution in [0.5, 0.6) is 0 Å². The van der Waals surface area contributed by atoms with Gasteiger partial charge in [-0.05, 0) is 30.9 Å². The van der Waals surface area contributed by atoms with Crippen molar-refractivity contribution in [1.82, 2.24) is 14.8 Å². The number of H-pyrrole nitrogens is 1. The van der Waals surface area contributed by atoms with Crippen molar-refractivity contribution in [3.8, 4) is 0 Å². The number of hydrogen-bond acceptors (Lipinski definition) is 2. The largest absolute Gasteiger partial charge is 0.361 e. The Balaban J connectivity index is 1.58. The number of carbonyl (C=O) groups excluding carboxylic acids is 2. The van der Waals surface area contributed by atoms with Crippen LogP contribution in [0.2, 0.25) is 0 Å². The molecular formula is C18H21N3O2. The summed E-state index contributed by atoms with van der Waals surface area (Å²) in [5.41, 5.74) is 2.15. The van der Waals surface area contributed by atoms with E-state index in [2.05, 4.69) is 11.1 Å². The molecule has 0 radical (unpaired) electrons. The van der Waals surface area contributed by atoms with Gasteiger partial charge in [-0.25, -0.2) is 0 Å². The summed E-state index contributed by atoms with van der Waals surface area (Å²) in [5, 5.41) is 1.12. The monoisotopic (exact) mass is 311 g/mol. The number of fused-ring (bicyclic) bond motifs is 1. The maximum Gasteiger partial charge on any atom is 0.245 e. The van der Waals surface area contributed by atoms with Gasteiger partial charge in [0.25, 0.3) is 0 Å². The smallest absolute Gasteiger partial charge is 0.245 e. The van der Waals surface area contributed by atoms with Gasteiger partial charge in [0, 0.05) is 43.2 Å². The Hall–Kier alpha value is -2.30. The number of nitrogens with one attached hydrogen (secondary N) is 1. The van der Waals surface area contributed by atoms with Crippen LogP contribution in [0.15, 0.2) is 30.5 Å². The molecule has 1 unspecified atom stereocenters. The molecule has 2 amide bonds. The number of aromatic nitrogens is 1. The third-order valence-corrected chi connectivity index (χ3v) is 5.05. The van der Waals surface area contributed by atoms with E-state index in [1.165, 1.54) is 0 Å². The fourth-order valence-corrected chi connectivity index (χ4v) is 3.78. The topological polar surface area (TPSA) is 56.4 Å². The molecule has 1 atom stereocenters. The highest BCUT2D eigenvalue weighted by atomic mass is 16.2. The second kappa shape index (κ2) is 5.72. The molecule has 5 nitrogen and oxygen atoms in total. The summed E-state index contributed by atoms with van der Waals surface area (Å²) < 4.78 is 0. The third-order valence-electron chi connectivity index (χ3n) is 5.05. The van der Waals surface area contributed by atoms with E-state index >= 15 is 0 Å². The number of rotatable bonds is 3. The number of aromatic amines is 1. The van der Waals surface area contributed by atoms with E-state index in [9.17, 15) is 9.59 Å². The average molecular weight is 311 g/mol. The first kappa shape index (κ1) is 14.3. The summed E-state index contributed by atoms with van der Waals surface area (Å²) in [6, 6.07) is 7.78. The number of benzene rings is 1. The molecule has 4 rings (SSSR count). The molecule has 0 aliphatic carbocycles. The van der Waals surface area contributed by atoms with E-state index in [4.69, 9.17) is 0 Å². The zero-order chi connectivity index (χ0) is 15.8. The second-order valence-corrected chi connectivity index (χ2v) is 6.47. The molecule has 2 aromatic rings. The highest BCUT2D eigenvalue weighted by molar-refractivity contribution is 5.91. The summed E-state index contributed by atoms with van der Waals surface area (Å²) in [5.74, 6) is 0.223. The Labute approximate surface area is 135 Å². The van der Waals surface area contributed by atoms with Gasteiger partial charge in [0.15, 0.2) is 0 Å². The Morgan fingerprint density at radius 2 is 2.00 bits per heavy atom. The maximum absolute atomic E-state index is 12.7. The molecule has 120 valence electrons. The fraction of sp³-hybridized carbons (Fsp3) is 0.444. The number of amides is 2. The number of likely N-dealkylation sites (tertiary alicyclic amines) is 2. The molecule has 0 saturated carbocycles. The van der Waals surface area contributed by atoms with Crippen LogP contribution in [-0.4, -0.2) is 45.7 Å². The molecule has 5 heteroatoms. The first-order valence-corrected chi connectivity index (χ1v) is 8.37. The van der Waals surface area contributed by atoms with Gasteiger partial charge in [0.1, 0.15) is 6.04 Å². The van der Waals surface area contributed by atoms with Crippen molar-refractivity contribution in [3.05, 3.63) is 36.0 Å². The zero-order valence-corrected chi connectivity index (χ0v) is 13.1. The van der Waals surface area contributed by atoms with Crippen LogP contribution in [0, 0.1) is 0 Å². The lowest BCUT2D eigenvalue weighted by molar-refractivity contribution is -0.141. The van der Waals surface area contributed by atoms with E-state index in [0.717, 1.165) is 42.4 Å². The molecule has 1 N–H and O–H groups in total. The Kier molecular flexibility index (Phi) is 3.56. The van der Waals surface area contributed by atoms with E-state index in [1.807, 2.05) is 29.3 Å². The highest BCUT2D eigenvalue weighted by Crippen LogP contribution is 2.27. The Morgan fingerprint density at radius 1 is 1.22 bits per heavy atom. The van der Waals surface area contributed by atoms with Gasteiger partial charge >= 0.3 is 0 Å². The van der Waals surface area contributed by atoms with Crippen LogP contribution in [0.3, 0.4) is 0 Å². The molecule has 0 bridgehead atoms. The van der Waals surface area contributed by atoms with Gasteiger partial charge in [-0.3, -0.25) is 9.59 Å². The van der Waals surface area contributed by atoms with Crippen LogP contribution >= 0.6 is 0 Å². The Morgan fingerprint density at radius 3 is 2.83 bits per heavy atom. The van der Waals surface area contributed by atoms with Crippen LogP contribution in [0.4, 0.5) is 0 Å². The standard InChI is InChI=1S/C18H21N3O2/c22-17-8-7-16(18(23)20-9-3-4-10-20)21(17)12-13-11-19-15-6-2-1-5-14(13)15/h1-2,5-6,11,16,19H,3-4,7-10,12H2. The third kappa shape index (κ3) is 2.50. The lowest BCUT2D eigenvalue weighted by Gasteiger charge is -2.27. The molecular weight excluding hydrogens is 290 g/mol. The highest BCUT2D eigenvalue weighted by Gasteiger charge is 2.38. The van der Waals surface area contributed by atoms with Crippen molar-refractivity contribution in [2.24, 2.45) is 0 Å². The second-order valence-electron chi connectivity index (χ2n) is 6.47. The number of hydrogen-bond donors (Lipinski definition) is 1. The van der Waals surface area contributed by atoms with Crippen molar-refractivity contribution >= 4 is 22.7 Å². The van der Waals surface area contributed by atoms with Gasteiger partial charge in [-0.1, -0.05) is 18.2 Å². The summed E-state index contributed by atoms with van der Waals surface area (Å²) in [4.78, 5) is 32.0. The first-order valence-electron chi connectivity index (χ1n) is 8.37. The first-order chi connectivity index (χ1) is 11.2. The van der Waals surface area contributed by atoms with Crippen molar-refractivity contribution in [3.63, 3.8) is 0 Å². The molecule has 2 aliphatic rings. The predicted molar refractivity (Wildman–Crippen MR) is 87.7 cm³/mol. The van der Waals surface area contributed by atoms with Crippen molar-refractivity contribution in [1.29, 1.82) is 0 Å². The molecule has 1 aromatic carbocycles. The maximum atomic E-state index is 12.7. The molecule has 2 aliphatic heterocycles. The van der Waals surface area contributed by atoms with Gasteiger partial charge in [0.05, 0.1) is 0 Å². The number of carbonyl (C=O) groups is 2. The molecule has 23 heavy (non-hydrogen) atoms. The number of para-hydroxylation sites is 1. The lowest BCUT2D eigenvalue weighted by atomic mass is 10.1. The minimum atomic E-state index is -0.283. The summed E-state index contributed by atoms with van der Waals surface area (Å²) in [7, 11) is 0. The van der Waals surface area contributed by atoms with Crippen molar-refractivity contribution < 1.29 is 9.59 Å². The minimum Gasteiger partial charge on any atom is -0.361 e. The van der Waals surface area contributed by atoms with E-state index in [1.54, 1.807) is 4.90 Å². The molecule has 2 saturated heterocycles. The zero-order valence-electron chi connectivity index (χ0n) is 13.1. The Bertz CT molecular complexity index is 746. The van der Waals surface area contributed by atoms with Crippen LogP contribution in [-0.2, 0) is 16.1 Å². The molecule has 0 spiro atoms. The lowest BCUT2D eigenvalue weighted by Crippen LogP contribution is -2.45. The van der Waals surface area contributed by atoms with Crippen LogP contribution in [0.25, 0.3) is 10.9 Å². The quantitative estimate of drug-likeness (QED) is 0.945. The van der Waals surface area contributed by atoms with Gasteiger partial charge < -0.3 is 14.8 Å². The summed E-state index contributed by atoms with van der Waals surface area (Å²) in [6.45, 7) is 2.18. The van der Waals surface area contributed by atoms with E-state index in [-0.39, 0.29) is 17.9 Å². The fourth-order valence-electron chi connectivity index (χ4n) is 3.78. The van der Waals surface area contributed by atoms with Crippen LogP contribution in [0.1, 0.15) is 31.2 Å². The SMILES string of the molecule is O=C(C1CCC(=O)N1Cc1c[nH]c2ccccc12)N1CCCC1. The van der Waals surface area contributed by atoms with E-state index in [0.29, 0.717) is 19.4 Å². The van der Waals surface area contributed by atoms with Crippen molar-refractivity contribution in [2.75, 3.05) is 13.1 Å². The minimum absolute atomic E-state index is 0.0906. The summed E-state index contributed by atoms with van der Waals surface area (Å²) >= 11 is 0. The van der Waals surface area contributed by atoms with Crippen LogP contribution < -0.4 is 0 Å². The summed E-state index contributed by atoms with van der Waals surface area (Å²) in [6.07, 6.45) is 5.24. The van der Waals surface area contributed by atoms with Gasteiger partial charge in [0.2, 0.25) is 11.8 Å². The molecule has 2 fully saturated rings. The predicted octanol–water partition coefficient (Wildman–Crippen LogP) is 2.28. The average Bonchev–Trinajstić information content (AvgIpc) is 3.29. The number of nitrogens with zero attached hydrogens (tertiary/aromatic N) is 2. The normalized spacial score (nSPS) is 21.6. The molecule has 3 heterocycles. The van der Waals surface area contributed by atoms with Gasteiger partial charge in [-0.15, -0.1) is 0 Å². The van der Waals surface area contributed by atoms with E-state index < -0.39 is 0 Å². The van der Waals surface area contributed by atoms with Crippen molar-refractivity contribution in [2.45, 2.75) is 38.3 Å². The van der Waals surface area contributed by atoms with Gasteiger partial charge in [-0.2, -0.15) is 0 Å².